The lowest BCUT2D eigenvalue weighted by Gasteiger charge is -2.19. The fraction of sp³-hybridized carbons (Fsp3) is 0.900. The fourth-order valence-electron chi connectivity index (χ4n) is 0.927. The molecule has 0 aromatic carbocycles. The summed E-state index contributed by atoms with van der Waals surface area (Å²) in [4.78, 5) is 11.3. The molecule has 0 spiro atoms. The van der Waals surface area contributed by atoms with E-state index in [9.17, 15) is 13.2 Å². The molecule has 0 aliphatic rings. The second-order valence-corrected chi connectivity index (χ2v) is 8.99. The van der Waals surface area contributed by atoms with Crippen molar-refractivity contribution in [2.75, 3.05) is 23.8 Å². The van der Waals surface area contributed by atoms with Crippen molar-refractivity contribution in [3.05, 3.63) is 0 Å². The van der Waals surface area contributed by atoms with E-state index in [4.69, 9.17) is 9.29 Å². The van der Waals surface area contributed by atoms with Gasteiger partial charge < -0.3 is 10.1 Å². The van der Waals surface area contributed by atoms with Crippen LogP contribution >= 0.6 is 21.6 Å². The molecule has 0 fully saturated rings. The Labute approximate surface area is 122 Å². The van der Waals surface area contributed by atoms with Crippen molar-refractivity contribution in [1.82, 2.24) is 5.32 Å². The molecule has 0 atom stereocenters. The Morgan fingerprint density at radius 1 is 1.26 bits per heavy atom. The zero-order valence-electron chi connectivity index (χ0n) is 11.3. The lowest BCUT2D eigenvalue weighted by atomic mass is 10.2. The van der Waals surface area contributed by atoms with Crippen molar-refractivity contribution in [2.45, 2.75) is 32.8 Å². The Balaban J connectivity index is 3.39. The molecule has 114 valence electrons. The highest BCUT2D eigenvalue weighted by atomic mass is 33.1. The van der Waals surface area contributed by atoms with Crippen LogP contribution in [0.2, 0.25) is 0 Å². The molecular formula is C10H21NO5S3. The topological polar surface area (TPSA) is 92.7 Å². The molecule has 0 aromatic heterocycles. The molecule has 2 N–H and O–H groups in total. The first kappa shape index (κ1) is 18.9. The average molecular weight is 331 g/mol. The van der Waals surface area contributed by atoms with Gasteiger partial charge >= 0.3 is 6.09 Å². The second-order valence-electron chi connectivity index (χ2n) is 4.71. The predicted molar refractivity (Wildman–Crippen MR) is 80.2 cm³/mol. The Morgan fingerprint density at radius 3 is 2.37 bits per heavy atom. The average Bonchev–Trinajstić information content (AvgIpc) is 2.17. The van der Waals surface area contributed by atoms with E-state index in [1.54, 1.807) is 20.8 Å². The summed E-state index contributed by atoms with van der Waals surface area (Å²) in [6, 6.07) is 0. The van der Waals surface area contributed by atoms with Gasteiger partial charge in [-0.05, 0) is 27.2 Å². The lowest BCUT2D eigenvalue weighted by molar-refractivity contribution is 0.0531. The van der Waals surface area contributed by atoms with E-state index in [1.165, 1.54) is 21.6 Å². The number of nitrogens with one attached hydrogen (secondary N) is 1. The van der Waals surface area contributed by atoms with Crippen molar-refractivity contribution in [2.24, 2.45) is 0 Å². The van der Waals surface area contributed by atoms with Crippen molar-refractivity contribution >= 4 is 37.8 Å². The lowest BCUT2D eigenvalue weighted by Crippen LogP contribution is -2.33. The molecule has 0 saturated heterocycles. The standard InChI is InChI=1S/C10H21NO5S3/c1-10(2,3)16-9(12)11-5-7-18-17-6-4-8-19(13,14)15/h4-8H2,1-3H3,(H,11,12)(H,13,14,15). The van der Waals surface area contributed by atoms with Crippen molar-refractivity contribution in [3.63, 3.8) is 0 Å². The van der Waals surface area contributed by atoms with Gasteiger partial charge in [0.1, 0.15) is 5.60 Å². The minimum atomic E-state index is -3.85. The summed E-state index contributed by atoms with van der Waals surface area (Å²) >= 11 is 0. The van der Waals surface area contributed by atoms with Gasteiger partial charge in [0.25, 0.3) is 10.1 Å². The number of amides is 1. The highest BCUT2D eigenvalue weighted by Gasteiger charge is 2.15. The minimum Gasteiger partial charge on any atom is -0.444 e. The van der Waals surface area contributed by atoms with Crippen molar-refractivity contribution in [3.8, 4) is 0 Å². The summed E-state index contributed by atoms with van der Waals surface area (Å²) in [7, 11) is -0.805. The van der Waals surface area contributed by atoms with Gasteiger partial charge in [0.15, 0.2) is 0 Å². The molecule has 0 aliphatic carbocycles. The van der Waals surface area contributed by atoms with Crippen LogP contribution in [0, 0.1) is 0 Å². The summed E-state index contributed by atoms with van der Waals surface area (Å²) in [5.74, 6) is 1.13. The molecule has 6 nitrogen and oxygen atoms in total. The van der Waals surface area contributed by atoms with Crippen LogP contribution in [0.5, 0.6) is 0 Å². The van der Waals surface area contributed by atoms with E-state index in [2.05, 4.69) is 5.32 Å². The Kier molecular flexibility index (Phi) is 8.88. The van der Waals surface area contributed by atoms with Gasteiger partial charge in [-0.3, -0.25) is 4.55 Å². The molecule has 0 bridgehead atoms. The Hall–Kier alpha value is -0.120. The molecule has 0 aliphatic heterocycles. The molecule has 0 unspecified atom stereocenters. The number of hydrogen-bond donors (Lipinski definition) is 2. The van der Waals surface area contributed by atoms with E-state index >= 15 is 0 Å². The second kappa shape index (κ2) is 8.93. The maximum Gasteiger partial charge on any atom is 0.407 e. The third-order valence-electron chi connectivity index (χ3n) is 1.57. The summed E-state index contributed by atoms with van der Waals surface area (Å²) in [5.41, 5.74) is -0.498. The maximum absolute atomic E-state index is 11.3. The summed E-state index contributed by atoms with van der Waals surface area (Å²) in [6.45, 7) is 5.88. The number of carbonyl (C=O) groups is 1. The predicted octanol–water partition coefficient (Wildman–Crippen LogP) is 2.17. The summed E-state index contributed by atoms with van der Waals surface area (Å²) in [6.07, 6.45) is -0.0276. The third kappa shape index (κ3) is 15.8. The van der Waals surface area contributed by atoms with E-state index < -0.39 is 21.8 Å². The number of carbonyl (C=O) groups excluding carboxylic acids is 1. The molecule has 0 heterocycles. The zero-order chi connectivity index (χ0) is 14.9. The van der Waals surface area contributed by atoms with Gasteiger partial charge in [-0.25, -0.2) is 4.79 Å². The van der Waals surface area contributed by atoms with Gasteiger partial charge in [-0.15, -0.1) is 0 Å². The van der Waals surface area contributed by atoms with Crippen LogP contribution in [0.15, 0.2) is 0 Å². The van der Waals surface area contributed by atoms with E-state index in [0.717, 1.165) is 0 Å². The minimum absolute atomic E-state index is 0.212. The molecule has 0 radical (unpaired) electrons. The highest BCUT2D eigenvalue weighted by Crippen LogP contribution is 2.21. The van der Waals surface area contributed by atoms with E-state index in [1.807, 2.05) is 0 Å². The normalized spacial score (nSPS) is 12.2. The zero-order valence-corrected chi connectivity index (χ0v) is 13.8. The fourth-order valence-corrected chi connectivity index (χ4v) is 3.61. The molecule has 9 heteroatoms. The van der Waals surface area contributed by atoms with Gasteiger partial charge in [0, 0.05) is 18.1 Å². The van der Waals surface area contributed by atoms with Gasteiger partial charge in [0.05, 0.1) is 5.75 Å². The van der Waals surface area contributed by atoms with E-state index in [0.29, 0.717) is 24.5 Å². The van der Waals surface area contributed by atoms with Crippen molar-refractivity contribution < 1.29 is 22.5 Å². The molecule has 1 amide bonds. The number of hydrogen-bond acceptors (Lipinski definition) is 6. The molecule has 0 saturated carbocycles. The maximum atomic E-state index is 11.3. The van der Waals surface area contributed by atoms with Crippen LogP contribution in [0.4, 0.5) is 4.79 Å². The molecular weight excluding hydrogens is 310 g/mol. The number of ether oxygens (including phenoxy) is 1. The highest BCUT2D eigenvalue weighted by molar-refractivity contribution is 8.76. The third-order valence-corrected chi connectivity index (χ3v) is 4.86. The molecule has 19 heavy (non-hydrogen) atoms. The number of alkyl carbamates (subject to hydrolysis) is 1. The van der Waals surface area contributed by atoms with Crippen LogP contribution in [0.25, 0.3) is 0 Å². The first-order valence-electron chi connectivity index (χ1n) is 5.76. The van der Waals surface area contributed by atoms with E-state index in [-0.39, 0.29) is 5.75 Å². The number of rotatable bonds is 8. The van der Waals surface area contributed by atoms with Crippen LogP contribution in [0.1, 0.15) is 27.2 Å². The van der Waals surface area contributed by atoms with Crippen LogP contribution < -0.4 is 5.32 Å². The quantitative estimate of drug-likeness (QED) is 0.400. The molecule has 0 rings (SSSR count). The van der Waals surface area contributed by atoms with Gasteiger partial charge in [0.2, 0.25) is 0 Å². The summed E-state index contributed by atoms with van der Waals surface area (Å²) in [5, 5.41) is 2.62. The van der Waals surface area contributed by atoms with Crippen LogP contribution in [-0.2, 0) is 14.9 Å². The first-order chi connectivity index (χ1) is 8.60. The molecule has 0 aromatic rings. The Bertz CT molecular complexity index is 364. The van der Waals surface area contributed by atoms with Crippen LogP contribution in [0.3, 0.4) is 0 Å². The van der Waals surface area contributed by atoms with Gasteiger partial charge in [-0.1, -0.05) is 21.6 Å². The first-order valence-corrected chi connectivity index (χ1v) is 9.86. The largest absolute Gasteiger partial charge is 0.444 e. The SMILES string of the molecule is CC(C)(C)OC(=O)NCCSSCCCS(=O)(=O)O. The Morgan fingerprint density at radius 2 is 1.84 bits per heavy atom. The summed E-state index contributed by atoms with van der Waals surface area (Å²) < 4.78 is 34.4. The van der Waals surface area contributed by atoms with Crippen LogP contribution in [-0.4, -0.2) is 48.5 Å². The smallest absolute Gasteiger partial charge is 0.407 e. The van der Waals surface area contributed by atoms with Gasteiger partial charge in [-0.2, -0.15) is 8.42 Å². The monoisotopic (exact) mass is 331 g/mol. The van der Waals surface area contributed by atoms with Crippen molar-refractivity contribution in [1.29, 1.82) is 0 Å².